The molecule has 1 aromatic carbocycles. The summed E-state index contributed by atoms with van der Waals surface area (Å²) in [7, 11) is 0. The lowest BCUT2D eigenvalue weighted by molar-refractivity contribution is 0.407. The van der Waals surface area contributed by atoms with E-state index in [-0.39, 0.29) is 0 Å². The number of anilines is 2. The Balaban J connectivity index is 2.12. The van der Waals surface area contributed by atoms with Crippen LogP contribution < -0.4 is 16.0 Å². The molecule has 1 fully saturated rings. The van der Waals surface area contributed by atoms with Gasteiger partial charge < -0.3 is 16.0 Å². The monoisotopic (exact) mass is 205 g/mol. The predicted octanol–water partition coefficient (Wildman–Crippen LogP) is 1.46. The van der Waals surface area contributed by atoms with E-state index < -0.39 is 0 Å². The number of piperazine rings is 1. The van der Waals surface area contributed by atoms with Gasteiger partial charge in [-0.2, -0.15) is 0 Å². The first kappa shape index (κ1) is 10.3. The zero-order valence-corrected chi connectivity index (χ0v) is 9.40. The van der Waals surface area contributed by atoms with E-state index >= 15 is 0 Å². The summed E-state index contributed by atoms with van der Waals surface area (Å²) >= 11 is 0. The van der Waals surface area contributed by atoms with Gasteiger partial charge in [-0.05, 0) is 38.1 Å². The van der Waals surface area contributed by atoms with E-state index in [2.05, 4.69) is 36.2 Å². The van der Waals surface area contributed by atoms with E-state index in [0.29, 0.717) is 12.1 Å². The fourth-order valence-electron chi connectivity index (χ4n) is 2.22. The number of hydrogen-bond acceptors (Lipinski definition) is 3. The van der Waals surface area contributed by atoms with Crippen LogP contribution in [-0.4, -0.2) is 25.2 Å². The first-order valence-corrected chi connectivity index (χ1v) is 5.51. The molecule has 3 N–H and O–H groups in total. The van der Waals surface area contributed by atoms with Gasteiger partial charge in [0.15, 0.2) is 0 Å². The van der Waals surface area contributed by atoms with Gasteiger partial charge in [0.1, 0.15) is 0 Å². The molecule has 0 unspecified atom stereocenters. The summed E-state index contributed by atoms with van der Waals surface area (Å²) in [4.78, 5) is 2.41. The molecule has 3 nitrogen and oxygen atoms in total. The minimum Gasteiger partial charge on any atom is -0.399 e. The third-order valence-corrected chi connectivity index (χ3v) is 2.82. The number of nitrogens with one attached hydrogen (secondary N) is 1. The zero-order valence-electron chi connectivity index (χ0n) is 9.40. The summed E-state index contributed by atoms with van der Waals surface area (Å²) in [5.74, 6) is 0. The third kappa shape index (κ3) is 2.42. The molecule has 0 saturated carbocycles. The summed E-state index contributed by atoms with van der Waals surface area (Å²) < 4.78 is 0. The molecule has 82 valence electrons. The van der Waals surface area contributed by atoms with Gasteiger partial charge in [-0.1, -0.05) is 0 Å². The molecule has 1 saturated heterocycles. The van der Waals surface area contributed by atoms with Crippen LogP contribution in [0.5, 0.6) is 0 Å². The Labute approximate surface area is 91.3 Å². The van der Waals surface area contributed by atoms with Gasteiger partial charge in [0, 0.05) is 36.5 Å². The highest BCUT2D eigenvalue weighted by Crippen LogP contribution is 2.18. The van der Waals surface area contributed by atoms with Gasteiger partial charge in [0.25, 0.3) is 0 Å². The van der Waals surface area contributed by atoms with Crippen molar-refractivity contribution in [3.05, 3.63) is 24.3 Å². The maximum atomic E-state index is 5.68. The molecule has 0 aromatic heterocycles. The molecule has 3 heteroatoms. The quantitative estimate of drug-likeness (QED) is 0.682. The molecule has 2 rings (SSSR count). The maximum Gasteiger partial charge on any atom is 0.0368 e. The fourth-order valence-corrected chi connectivity index (χ4v) is 2.22. The van der Waals surface area contributed by atoms with E-state index in [4.69, 9.17) is 5.73 Å². The second-order valence-corrected chi connectivity index (χ2v) is 4.47. The number of nitrogens with two attached hydrogens (primary N) is 1. The zero-order chi connectivity index (χ0) is 10.8. The Kier molecular flexibility index (Phi) is 2.82. The topological polar surface area (TPSA) is 41.3 Å². The molecule has 15 heavy (non-hydrogen) atoms. The van der Waals surface area contributed by atoms with Crippen LogP contribution in [0.2, 0.25) is 0 Å². The molecule has 0 spiro atoms. The molecular weight excluding hydrogens is 186 g/mol. The molecule has 1 aliphatic rings. The minimum absolute atomic E-state index is 0.548. The summed E-state index contributed by atoms with van der Waals surface area (Å²) in [6, 6.07) is 9.22. The van der Waals surface area contributed by atoms with Crippen molar-refractivity contribution in [2.45, 2.75) is 25.9 Å². The highest BCUT2D eigenvalue weighted by Gasteiger charge is 2.20. The highest BCUT2D eigenvalue weighted by atomic mass is 15.2. The van der Waals surface area contributed by atoms with E-state index in [1.165, 1.54) is 5.69 Å². The molecule has 0 amide bonds. The van der Waals surface area contributed by atoms with Crippen LogP contribution in [0.15, 0.2) is 24.3 Å². The number of hydrogen-bond donors (Lipinski definition) is 2. The fraction of sp³-hybridized carbons (Fsp3) is 0.500. The van der Waals surface area contributed by atoms with E-state index in [9.17, 15) is 0 Å². The Hall–Kier alpha value is -1.22. The van der Waals surface area contributed by atoms with Crippen molar-refractivity contribution in [1.82, 2.24) is 5.32 Å². The molecule has 1 aliphatic heterocycles. The number of benzene rings is 1. The molecule has 2 atom stereocenters. The first-order valence-electron chi connectivity index (χ1n) is 5.51. The van der Waals surface area contributed by atoms with Crippen LogP contribution in [-0.2, 0) is 0 Å². The smallest absolute Gasteiger partial charge is 0.0368 e. The Morgan fingerprint density at radius 2 is 1.67 bits per heavy atom. The van der Waals surface area contributed by atoms with Crippen molar-refractivity contribution in [3.63, 3.8) is 0 Å². The van der Waals surface area contributed by atoms with Gasteiger partial charge >= 0.3 is 0 Å². The predicted molar refractivity (Wildman–Crippen MR) is 65.1 cm³/mol. The summed E-state index contributed by atoms with van der Waals surface area (Å²) in [5.41, 5.74) is 7.78. The van der Waals surface area contributed by atoms with Gasteiger partial charge in [0.2, 0.25) is 0 Å². The minimum atomic E-state index is 0.548. The number of rotatable bonds is 1. The van der Waals surface area contributed by atoms with Crippen LogP contribution in [0.1, 0.15) is 13.8 Å². The summed E-state index contributed by atoms with van der Waals surface area (Å²) in [6.07, 6.45) is 0. The lowest BCUT2D eigenvalue weighted by atomic mass is 10.1. The summed E-state index contributed by atoms with van der Waals surface area (Å²) in [5, 5.41) is 3.52. The number of nitrogens with zero attached hydrogens (tertiary/aromatic N) is 1. The lowest BCUT2D eigenvalue weighted by Gasteiger charge is -2.37. The Bertz CT molecular complexity index is 310. The molecule has 1 heterocycles. The first-order chi connectivity index (χ1) is 7.15. The van der Waals surface area contributed by atoms with Gasteiger partial charge in [-0.3, -0.25) is 0 Å². The van der Waals surface area contributed by atoms with Gasteiger partial charge in [-0.25, -0.2) is 0 Å². The van der Waals surface area contributed by atoms with E-state index in [0.717, 1.165) is 18.8 Å². The normalized spacial score (nSPS) is 26.7. The van der Waals surface area contributed by atoms with E-state index in [1.54, 1.807) is 0 Å². The van der Waals surface area contributed by atoms with Crippen LogP contribution in [0.4, 0.5) is 11.4 Å². The van der Waals surface area contributed by atoms with Crippen molar-refractivity contribution < 1.29 is 0 Å². The summed E-state index contributed by atoms with van der Waals surface area (Å²) in [6.45, 7) is 6.57. The van der Waals surface area contributed by atoms with Crippen molar-refractivity contribution in [3.8, 4) is 0 Å². The molecule has 0 aliphatic carbocycles. The number of nitrogen functional groups attached to an aromatic ring is 1. The van der Waals surface area contributed by atoms with Crippen molar-refractivity contribution in [2.24, 2.45) is 0 Å². The standard InChI is InChI=1S/C12H19N3/c1-9-7-15(8-10(2)14-9)12-5-3-11(13)4-6-12/h3-6,9-10,14H,7-8,13H2,1-2H3/t9-,10-/m0/s1. The van der Waals surface area contributed by atoms with E-state index in [1.807, 2.05) is 12.1 Å². The SMILES string of the molecule is C[C@H]1CN(c2ccc(N)cc2)C[C@H](C)N1. The average Bonchev–Trinajstić information content (AvgIpc) is 2.17. The van der Waals surface area contributed by atoms with Crippen LogP contribution in [0, 0.1) is 0 Å². The Morgan fingerprint density at radius 1 is 1.13 bits per heavy atom. The van der Waals surface area contributed by atoms with Crippen molar-refractivity contribution in [1.29, 1.82) is 0 Å². The van der Waals surface area contributed by atoms with Gasteiger partial charge in [0.05, 0.1) is 0 Å². The molecule has 0 radical (unpaired) electrons. The largest absolute Gasteiger partial charge is 0.399 e. The molecule has 1 aromatic rings. The van der Waals surface area contributed by atoms with Crippen LogP contribution >= 0.6 is 0 Å². The second kappa shape index (κ2) is 4.11. The van der Waals surface area contributed by atoms with Gasteiger partial charge in [-0.15, -0.1) is 0 Å². The lowest BCUT2D eigenvalue weighted by Crippen LogP contribution is -2.54. The third-order valence-electron chi connectivity index (χ3n) is 2.82. The maximum absolute atomic E-state index is 5.68. The highest BCUT2D eigenvalue weighted by molar-refractivity contribution is 5.53. The van der Waals surface area contributed by atoms with Crippen molar-refractivity contribution in [2.75, 3.05) is 23.7 Å². The van der Waals surface area contributed by atoms with Crippen LogP contribution in [0.25, 0.3) is 0 Å². The molecular formula is C12H19N3. The van der Waals surface area contributed by atoms with Crippen LogP contribution in [0.3, 0.4) is 0 Å². The molecule has 0 bridgehead atoms. The second-order valence-electron chi connectivity index (χ2n) is 4.47. The average molecular weight is 205 g/mol. The Morgan fingerprint density at radius 3 is 2.20 bits per heavy atom. The van der Waals surface area contributed by atoms with Crippen molar-refractivity contribution >= 4 is 11.4 Å².